The molecular formula is C21H25N3O3. The fourth-order valence-corrected chi connectivity index (χ4v) is 3.41. The summed E-state index contributed by atoms with van der Waals surface area (Å²) in [7, 11) is 1.81. The zero-order valence-electron chi connectivity index (χ0n) is 15.5. The Labute approximate surface area is 159 Å². The summed E-state index contributed by atoms with van der Waals surface area (Å²) in [6, 6.07) is 11.9. The van der Waals surface area contributed by atoms with Crippen LogP contribution in [0.1, 0.15) is 24.0 Å². The maximum Gasteiger partial charge on any atom is 0.306 e. The SMILES string of the molecule is CN(Cc1cccc(N2CCC(C(=O)O)CC2)c1)C(=O)Cc1ccncc1. The Balaban J connectivity index is 1.59. The first-order valence-electron chi connectivity index (χ1n) is 9.22. The lowest BCUT2D eigenvalue weighted by molar-refractivity contribution is -0.142. The van der Waals surface area contributed by atoms with Crippen LogP contribution in [0.5, 0.6) is 0 Å². The highest BCUT2D eigenvalue weighted by Gasteiger charge is 2.24. The zero-order valence-corrected chi connectivity index (χ0v) is 15.5. The Hall–Kier alpha value is -2.89. The normalized spacial score (nSPS) is 14.8. The number of anilines is 1. The molecule has 1 N–H and O–H groups in total. The van der Waals surface area contributed by atoms with E-state index in [2.05, 4.69) is 16.0 Å². The number of nitrogens with zero attached hydrogens (tertiary/aromatic N) is 3. The number of amides is 1. The number of hydrogen-bond acceptors (Lipinski definition) is 4. The van der Waals surface area contributed by atoms with Gasteiger partial charge in [-0.3, -0.25) is 14.6 Å². The monoisotopic (exact) mass is 367 g/mol. The summed E-state index contributed by atoms with van der Waals surface area (Å²) < 4.78 is 0. The molecule has 0 aliphatic carbocycles. The Kier molecular flexibility index (Phi) is 6.06. The van der Waals surface area contributed by atoms with Gasteiger partial charge in [0.25, 0.3) is 0 Å². The molecule has 0 bridgehead atoms. The molecule has 0 saturated carbocycles. The maximum absolute atomic E-state index is 12.4. The average molecular weight is 367 g/mol. The highest BCUT2D eigenvalue weighted by atomic mass is 16.4. The van der Waals surface area contributed by atoms with Gasteiger partial charge in [-0.15, -0.1) is 0 Å². The third-order valence-corrected chi connectivity index (χ3v) is 5.07. The molecule has 1 aliphatic heterocycles. The maximum atomic E-state index is 12.4. The number of piperidine rings is 1. The van der Waals surface area contributed by atoms with Crippen molar-refractivity contribution in [1.29, 1.82) is 0 Å². The first kappa shape index (κ1) is 18.9. The van der Waals surface area contributed by atoms with Crippen molar-refractivity contribution in [2.75, 3.05) is 25.0 Å². The van der Waals surface area contributed by atoms with Crippen LogP contribution in [0.2, 0.25) is 0 Å². The third kappa shape index (κ3) is 5.06. The van der Waals surface area contributed by atoms with Crippen molar-refractivity contribution in [2.24, 2.45) is 5.92 Å². The van der Waals surface area contributed by atoms with Crippen LogP contribution < -0.4 is 4.90 Å². The molecule has 2 aromatic rings. The lowest BCUT2D eigenvalue weighted by Gasteiger charge is -2.32. The highest BCUT2D eigenvalue weighted by Crippen LogP contribution is 2.24. The van der Waals surface area contributed by atoms with Crippen LogP contribution in [0.15, 0.2) is 48.8 Å². The largest absolute Gasteiger partial charge is 0.481 e. The number of carboxylic acids is 1. The van der Waals surface area contributed by atoms with Crippen LogP contribution in [0.3, 0.4) is 0 Å². The second-order valence-corrected chi connectivity index (χ2v) is 7.05. The molecule has 142 valence electrons. The molecule has 1 amide bonds. The topological polar surface area (TPSA) is 73.7 Å². The van der Waals surface area contributed by atoms with Crippen LogP contribution >= 0.6 is 0 Å². The van der Waals surface area contributed by atoms with Crippen molar-refractivity contribution in [3.05, 3.63) is 59.9 Å². The fourth-order valence-electron chi connectivity index (χ4n) is 3.41. The number of aromatic nitrogens is 1. The first-order chi connectivity index (χ1) is 13.0. The second kappa shape index (κ2) is 8.66. The number of carboxylic acid groups (broad SMARTS) is 1. The molecule has 0 radical (unpaired) electrons. The number of rotatable bonds is 6. The van der Waals surface area contributed by atoms with Gasteiger partial charge >= 0.3 is 5.97 Å². The van der Waals surface area contributed by atoms with Crippen molar-refractivity contribution < 1.29 is 14.7 Å². The molecule has 27 heavy (non-hydrogen) atoms. The van der Waals surface area contributed by atoms with E-state index < -0.39 is 5.97 Å². The predicted octanol–water partition coefficient (Wildman–Crippen LogP) is 2.58. The van der Waals surface area contributed by atoms with Gasteiger partial charge in [-0.05, 0) is 48.2 Å². The van der Waals surface area contributed by atoms with E-state index in [1.165, 1.54) is 0 Å². The molecule has 2 heterocycles. The Morgan fingerprint density at radius 1 is 1.15 bits per heavy atom. The molecule has 3 rings (SSSR count). The minimum Gasteiger partial charge on any atom is -0.481 e. The number of hydrogen-bond donors (Lipinski definition) is 1. The zero-order chi connectivity index (χ0) is 19.2. The van der Waals surface area contributed by atoms with E-state index in [4.69, 9.17) is 5.11 Å². The molecule has 0 atom stereocenters. The lowest BCUT2D eigenvalue weighted by atomic mass is 9.96. The van der Waals surface area contributed by atoms with Crippen LogP contribution in [0, 0.1) is 5.92 Å². The minimum absolute atomic E-state index is 0.0638. The smallest absolute Gasteiger partial charge is 0.306 e. The second-order valence-electron chi connectivity index (χ2n) is 7.05. The number of pyridine rings is 1. The molecule has 1 fully saturated rings. The van der Waals surface area contributed by atoms with Crippen LogP contribution in [0.4, 0.5) is 5.69 Å². The fraction of sp³-hybridized carbons (Fsp3) is 0.381. The van der Waals surface area contributed by atoms with Crippen LogP contribution in [-0.4, -0.2) is 47.0 Å². The van der Waals surface area contributed by atoms with Crippen molar-refractivity contribution in [2.45, 2.75) is 25.8 Å². The average Bonchev–Trinajstić information content (AvgIpc) is 2.69. The van der Waals surface area contributed by atoms with Crippen LogP contribution in [0.25, 0.3) is 0 Å². The van der Waals surface area contributed by atoms with Crippen molar-refractivity contribution in [3.63, 3.8) is 0 Å². The van der Waals surface area contributed by atoms with E-state index in [0.717, 1.165) is 29.9 Å². The third-order valence-electron chi connectivity index (χ3n) is 5.07. The Morgan fingerprint density at radius 3 is 2.52 bits per heavy atom. The van der Waals surface area contributed by atoms with Gasteiger partial charge in [0.1, 0.15) is 0 Å². The van der Waals surface area contributed by atoms with Gasteiger partial charge in [-0.25, -0.2) is 0 Å². The van der Waals surface area contributed by atoms with E-state index in [1.807, 2.05) is 37.4 Å². The van der Waals surface area contributed by atoms with Gasteiger partial charge in [0.15, 0.2) is 0 Å². The first-order valence-corrected chi connectivity index (χ1v) is 9.22. The molecule has 0 unspecified atom stereocenters. The van der Waals surface area contributed by atoms with Gasteiger partial charge in [-0.2, -0.15) is 0 Å². The number of likely N-dealkylation sites (N-methyl/N-ethyl adjacent to an activating group) is 1. The van der Waals surface area contributed by atoms with Crippen molar-refractivity contribution >= 4 is 17.6 Å². The van der Waals surface area contributed by atoms with E-state index in [1.54, 1.807) is 17.3 Å². The summed E-state index contributed by atoms with van der Waals surface area (Å²) in [5.41, 5.74) is 3.11. The number of aliphatic carboxylic acids is 1. The highest BCUT2D eigenvalue weighted by molar-refractivity contribution is 5.78. The Morgan fingerprint density at radius 2 is 1.85 bits per heavy atom. The van der Waals surface area contributed by atoms with E-state index in [0.29, 0.717) is 25.8 Å². The van der Waals surface area contributed by atoms with Gasteiger partial charge < -0.3 is 14.9 Å². The standard InChI is InChI=1S/C21H25N3O3/c1-23(20(25)14-16-5-9-22-10-6-16)15-17-3-2-4-19(13-17)24-11-7-18(8-12-24)21(26)27/h2-6,9-10,13,18H,7-8,11-12,14-15H2,1H3,(H,26,27). The van der Waals surface area contributed by atoms with Crippen molar-refractivity contribution in [1.82, 2.24) is 9.88 Å². The minimum atomic E-state index is -0.697. The number of carbonyl (C=O) groups excluding carboxylic acids is 1. The molecule has 1 aromatic heterocycles. The molecule has 1 aromatic carbocycles. The summed E-state index contributed by atoms with van der Waals surface area (Å²) >= 11 is 0. The summed E-state index contributed by atoms with van der Waals surface area (Å²) in [6.45, 7) is 2.04. The van der Waals surface area contributed by atoms with Crippen molar-refractivity contribution in [3.8, 4) is 0 Å². The number of carbonyl (C=O) groups is 2. The Bertz CT molecular complexity index is 786. The van der Waals surface area contributed by atoms with E-state index in [-0.39, 0.29) is 11.8 Å². The van der Waals surface area contributed by atoms with E-state index >= 15 is 0 Å². The summed E-state index contributed by atoms with van der Waals surface area (Å²) in [6.07, 6.45) is 5.09. The molecule has 1 aliphatic rings. The predicted molar refractivity (Wildman–Crippen MR) is 103 cm³/mol. The molecular weight excluding hydrogens is 342 g/mol. The van der Waals surface area contributed by atoms with Gasteiger partial charge in [0.2, 0.25) is 5.91 Å². The van der Waals surface area contributed by atoms with Gasteiger partial charge in [-0.1, -0.05) is 12.1 Å². The van der Waals surface area contributed by atoms with E-state index in [9.17, 15) is 9.59 Å². The molecule has 6 heteroatoms. The molecule has 6 nitrogen and oxygen atoms in total. The lowest BCUT2D eigenvalue weighted by Crippen LogP contribution is -2.36. The summed E-state index contributed by atoms with van der Waals surface area (Å²) in [5.74, 6) is -0.868. The van der Waals surface area contributed by atoms with Gasteiger partial charge in [0, 0.05) is 44.8 Å². The van der Waals surface area contributed by atoms with Gasteiger partial charge in [0.05, 0.1) is 12.3 Å². The summed E-state index contributed by atoms with van der Waals surface area (Å²) in [5, 5.41) is 9.14. The quantitative estimate of drug-likeness (QED) is 0.849. The molecule has 0 spiro atoms. The molecule has 1 saturated heterocycles. The number of benzene rings is 1. The van der Waals surface area contributed by atoms with Crippen LogP contribution in [-0.2, 0) is 22.6 Å². The summed E-state index contributed by atoms with van der Waals surface area (Å²) in [4.78, 5) is 31.5.